The van der Waals surface area contributed by atoms with Crippen LogP contribution in [0.3, 0.4) is 0 Å². The Hall–Kier alpha value is -2.61. The monoisotopic (exact) mass is 253 g/mol. The van der Waals surface area contributed by atoms with Crippen LogP contribution in [0, 0.1) is 0 Å². The van der Waals surface area contributed by atoms with Crippen molar-refractivity contribution in [3.05, 3.63) is 29.8 Å². The molecule has 0 radical (unpaired) electrons. The van der Waals surface area contributed by atoms with Crippen LogP contribution in [-0.2, 0) is 9.63 Å². The molecule has 0 heterocycles. The number of urea groups is 1. The fraction of sp³-hybridized carbons (Fsp3) is 0.100. The van der Waals surface area contributed by atoms with Gasteiger partial charge in [0, 0.05) is 11.3 Å². The molecule has 0 fully saturated rings. The van der Waals surface area contributed by atoms with E-state index in [2.05, 4.69) is 10.2 Å². The first kappa shape index (κ1) is 13.5. The highest BCUT2D eigenvalue weighted by atomic mass is 16.7. The van der Waals surface area contributed by atoms with Gasteiger partial charge in [0.05, 0.1) is 0 Å². The maximum atomic E-state index is 11.2. The molecule has 5 N–H and O–H groups in total. The number of nitrogens with two attached hydrogens (primary N) is 1. The molecule has 18 heavy (non-hydrogen) atoms. The number of carbonyl (C=O) groups is 3. The summed E-state index contributed by atoms with van der Waals surface area (Å²) in [5.74, 6) is -1.78. The smallest absolute Gasteiger partial charge is 0.343 e. The molecule has 8 heteroatoms. The minimum absolute atomic E-state index is 0.308. The van der Waals surface area contributed by atoms with Crippen molar-refractivity contribution in [2.24, 2.45) is 5.73 Å². The van der Waals surface area contributed by atoms with Crippen molar-refractivity contribution in [1.29, 1.82) is 0 Å². The highest BCUT2D eigenvalue weighted by Gasteiger charge is 2.04. The van der Waals surface area contributed by atoms with E-state index in [9.17, 15) is 14.4 Å². The van der Waals surface area contributed by atoms with Crippen molar-refractivity contribution in [2.45, 2.75) is 0 Å². The van der Waals surface area contributed by atoms with Gasteiger partial charge >= 0.3 is 12.0 Å². The van der Waals surface area contributed by atoms with Crippen LogP contribution < -0.4 is 16.5 Å². The van der Waals surface area contributed by atoms with E-state index in [0.29, 0.717) is 11.3 Å². The van der Waals surface area contributed by atoms with Crippen LogP contribution in [0.5, 0.6) is 0 Å². The Morgan fingerprint density at radius 1 is 1.22 bits per heavy atom. The number of anilines is 1. The largest absolute Gasteiger partial charge is 0.479 e. The Bertz CT molecular complexity index is 457. The zero-order valence-electron chi connectivity index (χ0n) is 9.17. The first-order valence-corrected chi connectivity index (χ1v) is 4.79. The van der Waals surface area contributed by atoms with E-state index >= 15 is 0 Å². The lowest BCUT2D eigenvalue weighted by Crippen LogP contribution is -2.30. The number of aliphatic carboxylic acids is 1. The van der Waals surface area contributed by atoms with Crippen LogP contribution in [0.1, 0.15) is 10.4 Å². The van der Waals surface area contributed by atoms with Gasteiger partial charge in [0.15, 0.2) is 6.61 Å². The average Bonchev–Trinajstić information content (AvgIpc) is 2.29. The highest BCUT2D eigenvalue weighted by molar-refractivity contribution is 5.94. The standard InChI is InChI=1S/C10H11N3O5/c11-9(16)6-1-3-7(4-2-6)12-10(17)13-18-5-8(14)15/h1-4H,5H2,(H2,11,16)(H,14,15)(H2,12,13,17). The number of primary amides is 1. The zero-order chi connectivity index (χ0) is 13.5. The molecule has 0 aliphatic rings. The number of amides is 3. The Morgan fingerprint density at radius 3 is 2.33 bits per heavy atom. The summed E-state index contributed by atoms with van der Waals surface area (Å²) >= 11 is 0. The number of benzene rings is 1. The summed E-state index contributed by atoms with van der Waals surface area (Å²) in [6.07, 6.45) is 0. The molecule has 96 valence electrons. The van der Waals surface area contributed by atoms with Crippen LogP contribution in [0.15, 0.2) is 24.3 Å². The van der Waals surface area contributed by atoms with Crippen LogP contribution >= 0.6 is 0 Å². The number of hydrogen-bond donors (Lipinski definition) is 4. The number of rotatable bonds is 5. The molecule has 0 saturated heterocycles. The zero-order valence-corrected chi connectivity index (χ0v) is 9.17. The van der Waals surface area contributed by atoms with E-state index in [1.165, 1.54) is 24.3 Å². The Morgan fingerprint density at radius 2 is 1.83 bits per heavy atom. The summed E-state index contributed by atoms with van der Waals surface area (Å²) in [5, 5.41) is 10.6. The summed E-state index contributed by atoms with van der Waals surface area (Å²) in [5.41, 5.74) is 7.63. The first-order valence-electron chi connectivity index (χ1n) is 4.79. The first-order chi connectivity index (χ1) is 8.49. The fourth-order valence-electron chi connectivity index (χ4n) is 1.04. The molecule has 1 aromatic carbocycles. The average molecular weight is 253 g/mol. The van der Waals surface area contributed by atoms with Gasteiger partial charge < -0.3 is 16.2 Å². The second-order valence-corrected chi connectivity index (χ2v) is 3.18. The van der Waals surface area contributed by atoms with Crippen LogP contribution in [-0.4, -0.2) is 29.6 Å². The Labute approximate surface area is 102 Å². The topological polar surface area (TPSA) is 131 Å². The second kappa shape index (κ2) is 6.21. The molecule has 3 amide bonds. The van der Waals surface area contributed by atoms with E-state index in [-0.39, 0.29) is 0 Å². The predicted octanol–water partition coefficient (Wildman–Crippen LogP) is -0.0768. The highest BCUT2D eigenvalue weighted by Crippen LogP contribution is 2.08. The molecular formula is C10H11N3O5. The third-order valence-corrected chi connectivity index (χ3v) is 1.79. The molecular weight excluding hydrogens is 242 g/mol. The van der Waals surface area contributed by atoms with Crippen molar-refractivity contribution < 1.29 is 24.3 Å². The van der Waals surface area contributed by atoms with E-state index < -0.39 is 24.5 Å². The van der Waals surface area contributed by atoms with Crippen molar-refractivity contribution in [1.82, 2.24) is 5.48 Å². The SMILES string of the molecule is NC(=O)c1ccc(NC(=O)NOCC(=O)O)cc1. The van der Waals surface area contributed by atoms with Crippen LogP contribution in [0.25, 0.3) is 0 Å². The summed E-state index contributed by atoms with van der Waals surface area (Å²) < 4.78 is 0. The fourth-order valence-corrected chi connectivity index (χ4v) is 1.04. The number of hydrogen-bond acceptors (Lipinski definition) is 4. The van der Waals surface area contributed by atoms with Gasteiger partial charge in [-0.25, -0.2) is 15.1 Å². The third-order valence-electron chi connectivity index (χ3n) is 1.79. The summed E-state index contributed by atoms with van der Waals surface area (Å²) in [4.78, 5) is 36.4. The number of carbonyl (C=O) groups excluding carboxylic acids is 2. The van der Waals surface area contributed by atoms with Crippen LogP contribution in [0.2, 0.25) is 0 Å². The van der Waals surface area contributed by atoms with Crippen LogP contribution in [0.4, 0.5) is 10.5 Å². The van der Waals surface area contributed by atoms with Gasteiger partial charge in [0.25, 0.3) is 0 Å². The number of carboxylic acids is 1. The summed E-state index contributed by atoms with van der Waals surface area (Å²) in [6, 6.07) is 5.09. The molecule has 0 bridgehead atoms. The van der Waals surface area contributed by atoms with Gasteiger partial charge in [-0.3, -0.25) is 9.63 Å². The van der Waals surface area contributed by atoms with Gasteiger partial charge in [-0.15, -0.1) is 0 Å². The van der Waals surface area contributed by atoms with Gasteiger partial charge in [0.2, 0.25) is 5.91 Å². The van der Waals surface area contributed by atoms with Gasteiger partial charge in [-0.2, -0.15) is 0 Å². The molecule has 0 saturated carbocycles. The summed E-state index contributed by atoms with van der Waals surface area (Å²) in [7, 11) is 0. The molecule has 8 nitrogen and oxygen atoms in total. The molecule has 0 aliphatic carbocycles. The normalized spacial score (nSPS) is 9.56. The minimum Gasteiger partial charge on any atom is -0.479 e. The summed E-state index contributed by atoms with van der Waals surface area (Å²) in [6.45, 7) is -0.645. The van der Waals surface area contributed by atoms with E-state index in [4.69, 9.17) is 10.8 Å². The number of nitrogens with one attached hydrogen (secondary N) is 2. The van der Waals surface area contributed by atoms with E-state index in [1.807, 2.05) is 5.48 Å². The lowest BCUT2D eigenvalue weighted by atomic mass is 10.2. The quantitative estimate of drug-likeness (QED) is 0.545. The molecule has 0 aliphatic heterocycles. The molecule has 0 unspecified atom stereocenters. The van der Waals surface area contributed by atoms with E-state index in [0.717, 1.165) is 0 Å². The molecule has 1 aromatic rings. The van der Waals surface area contributed by atoms with Crippen molar-refractivity contribution in [2.75, 3.05) is 11.9 Å². The minimum atomic E-state index is -1.21. The predicted molar refractivity (Wildman–Crippen MR) is 60.7 cm³/mol. The molecule has 0 atom stereocenters. The second-order valence-electron chi connectivity index (χ2n) is 3.18. The third kappa shape index (κ3) is 4.49. The van der Waals surface area contributed by atoms with E-state index in [1.54, 1.807) is 0 Å². The number of hydroxylamine groups is 1. The Balaban J connectivity index is 2.44. The van der Waals surface area contributed by atoms with Gasteiger partial charge in [0.1, 0.15) is 0 Å². The maximum absolute atomic E-state index is 11.2. The lowest BCUT2D eigenvalue weighted by Gasteiger charge is -2.06. The van der Waals surface area contributed by atoms with Crippen molar-refractivity contribution >= 4 is 23.6 Å². The number of carboxylic acid groups (broad SMARTS) is 1. The van der Waals surface area contributed by atoms with Gasteiger partial charge in [-0.1, -0.05) is 0 Å². The molecule has 0 spiro atoms. The van der Waals surface area contributed by atoms with Gasteiger partial charge in [-0.05, 0) is 24.3 Å². The maximum Gasteiger partial charge on any atom is 0.343 e. The molecule has 0 aromatic heterocycles. The van der Waals surface area contributed by atoms with Crippen molar-refractivity contribution in [3.63, 3.8) is 0 Å². The Kier molecular flexibility index (Phi) is 4.64. The molecule has 1 rings (SSSR count). The lowest BCUT2D eigenvalue weighted by molar-refractivity contribution is -0.143. The van der Waals surface area contributed by atoms with Crippen molar-refractivity contribution in [3.8, 4) is 0 Å².